The summed E-state index contributed by atoms with van der Waals surface area (Å²) in [5.41, 5.74) is 2.77. The molecule has 1 amide bonds. The van der Waals surface area contributed by atoms with Gasteiger partial charge in [0.2, 0.25) is 5.91 Å². The van der Waals surface area contributed by atoms with E-state index in [2.05, 4.69) is 31.5 Å². The van der Waals surface area contributed by atoms with Crippen molar-refractivity contribution >= 4 is 16.9 Å². The van der Waals surface area contributed by atoms with Gasteiger partial charge in [0.15, 0.2) is 5.65 Å². The number of aryl methyl sites for hydroxylation is 1. The van der Waals surface area contributed by atoms with Gasteiger partial charge in [-0.1, -0.05) is 6.07 Å². The van der Waals surface area contributed by atoms with Crippen molar-refractivity contribution in [3.8, 4) is 0 Å². The van der Waals surface area contributed by atoms with Gasteiger partial charge in [-0.25, -0.2) is 4.98 Å². The number of pyridine rings is 2. The van der Waals surface area contributed by atoms with E-state index < -0.39 is 0 Å². The molecule has 3 heterocycles. The van der Waals surface area contributed by atoms with Crippen molar-refractivity contribution in [2.75, 3.05) is 0 Å². The van der Waals surface area contributed by atoms with Crippen molar-refractivity contribution in [3.63, 3.8) is 0 Å². The number of carbonyl (C=O) groups is 1. The van der Waals surface area contributed by atoms with E-state index in [1.54, 1.807) is 12.4 Å². The Morgan fingerprint density at radius 1 is 1.17 bits per heavy atom. The molecule has 0 aliphatic rings. The molecule has 3 rings (SSSR count). The van der Waals surface area contributed by atoms with Crippen molar-refractivity contribution in [2.24, 2.45) is 0 Å². The van der Waals surface area contributed by atoms with E-state index in [4.69, 9.17) is 0 Å². The molecule has 23 heavy (non-hydrogen) atoms. The molecule has 0 unspecified atom stereocenters. The third kappa shape index (κ3) is 4.12. The Balaban J connectivity index is 1.40. The highest BCUT2D eigenvalue weighted by Gasteiger charge is 2.07. The van der Waals surface area contributed by atoms with Gasteiger partial charge in [0.25, 0.3) is 0 Å². The van der Waals surface area contributed by atoms with Crippen molar-refractivity contribution in [1.29, 1.82) is 0 Å². The van der Waals surface area contributed by atoms with Crippen LogP contribution in [0.4, 0.5) is 0 Å². The Morgan fingerprint density at radius 3 is 2.96 bits per heavy atom. The zero-order valence-corrected chi connectivity index (χ0v) is 12.8. The number of fused-ring (bicyclic) bond motifs is 1. The van der Waals surface area contributed by atoms with Crippen molar-refractivity contribution in [3.05, 3.63) is 54.1 Å². The van der Waals surface area contributed by atoms with Crippen LogP contribution < -0.4 is 5.32 Å². The minimum atomic E-state index is 0.0582. The highest BCUT2D eigenvalue weighted by molar-refractivity contribution is 5.79. The topological polar surface area (TPSA) is 83.6 Å². The fraction of sp³-hybridized carbons (Fsp3) is 0.294. The van der Waals surface area contributed by atoms with E-state index in [1.807, 2.05) is 24.4 Å². The van der Waals surface area contributed by atoms with Crippen LogP contribution in [-0.2, 0) is 17.8 Å². The van der Waals surface area contributed by atoms with Crippen LogP contribution in [0.5, 0.6) is 0 Å². The van der Waals surface area contributed by atoms with Crippen LogP contribution in [0.3, 0.4) is 0 Å². The summed E-state index contributed by atoms with van der Waals surface area (Å²) in [6.07, 6.45) is 8.68. The second-order valence-electron chi connectivity index (χ2n) is 5.42. The van der Waals surface area contributed by atoms with Crippen LogP contribution >= 0.6 is 0 Å². The van der Waals surface area contributed by atoms with E-state index >= 15 is 0 Å². The lowest BCUT2D eigenvalue weighted by atomic mass is 10.1. The van der Waals surface area contributed by atoms with Crippen molar-refractivity contribution in [2.45, 2.75) is 32.2 Å². The molecule has 0 aromatic carbocycles. The number of hydrogen-bond acceptors (Lipinski definition) is 4. The first-order valence-electron chi connectivity index (χ1n) is 7.76. The average molecular weight is 309 g/mol. The first-order chi connectivity index (χ1) is 11.3. The molecular formula is C17H19N5O. The second kappa shape index (κ2) is 7.49. The van der Waals surface area contributed by atoms with Gasteiger partial charge in [0.1, 0.15) is 0 Å². The normalized spacial score (nSPS) is 10.8. The molecule has 6 heteroatoms. The Morgan fingerprint density at radius 2 is 2.09 bits per heavy atom. The number of unbranched alkanes of at least 4 members (excludes halogenated alkanes) is 1. The predicted molar refractivity (Wildman–Crippen MR) is 87.5 cm³/mol. The largest absolute Gasteiger partial charge is 0.350 e. The van der Waals surface area contributed by atoms with Crippen LogP contribution in [-0.4, -0.2) is 26.1 Å². The molecule has 2 N–H and O–H groups in total. The van der Waals surface area contributed by atoms with Crippen LogP contribution in [0, 0.1) is 0 Å². The molecule has 0 radical (unpaired) electrons. The fourth-order valence-corrected chi connectivity index (χ4v) is 2.47. The van der Waals surface area contributed by atoms with Gasteiger partial charge in [-0.2, -0.15) is 5.10 Å². The Labute approximate surface area is 134 Å². The molecule has 0 saturated heterocycles. The third-order valence-corrected chi connectivity index (χ3v) is 3.71. The second-order valence-corrected chi connectivity index (χ2v) is 5.42. The maximum atomic E-state index is 11.9. The van der Waals surface area contributed by atoms with Crippen molar-refractivity contribution in [1.82, 2.24) is 25.5 Å². The van der Waals surface area contributed by atoms with Crippen LogP contribution in [0.25, 0.3) is 11.0 Å². The molecule has 0 atom stereocenters. The minimum absolute atomic E-state index is 0.0582. The number of carbonyl (C=O) groups excluding carboxylic acids is 1. The number of amides is 1. The summed E-state index contributed by atoms with van der Waals surface area (Å²) >= 11 is 0. The molecule has 0 aliphatic heterocycles. The summed E-state index contributed by atoms with van der Waals surface area (Å²) in [7, 11) is 0. The van der Waals surface area contributed by atoms with Gasteiger partial charge in [0, 0.05) is 30.4 Å². The smallest absolute Gasteiger partial charge is 0.220 e. The molecule has 0 bridgehead atoms. The number of hydrogen-bond donors (Lipinski definition) is 2. The molecule has 0 spiro atoms. The van der Waals surface area contributed by atoms with E-state index in [9.17, 15) is 4.79 Å². The molecule has 6 nitrogen and oxygen atoms in total. The molecular weight excluding hydrogens is 290 g/mol. The molecule has 0 saturated carbocycles. The summed E-state index contributed by atoms with van der Waals surface area (Å²) in [6.45, 7) is 0.448. The highest BCUT2D eigenvalue weighted by Crippen LogP contribution is 2.12. The number of nitrogens with zero attached hydrogens (tertiary/aromatic N) is 3. The standard InChI is InChI=1S/C17H19N5O/c23-16(8-2-1-5-13-6-3-9-18-11-13)20-12-15-14-7-4-10-19-17(14)22-21-15/h3-4,6-7,9-11H,1-2,5,8,12H2,(H,20,23)(H,19,21,22). The van der Waals surface area contributed by atoms with Crippen LogP contribution in [0.2, 0.25) is 0 Å². The zero-order valence-electron chi connectivity index (χ0n) is 12.8. The predicted octanol–water partition coefficient (Wildman–Crippen LogP) is 2.38. The van der Waals surface area contributed by atoms with Gasteiger partial charge < -0.3 is 5.32 Å². The van der Waals surface area contributed by atoms with E-state index in [0.29, 0.717) is 18.6 Å². The van der Waals surface area contributed by atoms with E-state index in [1.165, 1.54) is 5.56 Å². The molecule has 0 aliphatic carbocycles. The van der Waals surface area contributed by atoms with Gasteiger partial charge in [-0.3, -0.25) is 14.9 Å². The third-order valence-electron chi connectivity index (χ3n) is 3.71. The lowest BCUT2D eigenvalue weighted by molar-refractivity contribution is -0.121. The quantitative estimate of drug-likeness (QED) is 0.656. The molecule has 118 valence electrons. The number of aromatic nitrogens is 4. The Hall–Kier alpha value is -2.76. The van der Waals surface area contributed by atoms with Gasteiger partial charge in [-0.15, -0.1) is 0 Å². The van der Waals surface area contributed by atoms with Gasteiger partial charge in [-0.05, 0) is 43.0 Å². The molecule has 0 fully saturated rings. The van der Waals surface area contributed by atoms with E-state index in [0.717, 1.165) is 30.3 Å². The van der Waals surface area contributed by atoms with Gasteiger partial charge >= 0.3 is 0 Å². The Bertz CT molecular complexity index is 769. The first-order valence-corrected chi connectivity index (χ1v) is 7.76. The molecule has 3 aromatic heterocycles. The molecule has 3 aromatic rings. The average Bonchev–Trinajstić information content (AvgIpc) is 3.01. The first kappa shape index (κ1) is 15.1. The monoisotopic (exact) mass is 309 g/mol. The summed E-state index contributed by atoms with van der Waals surface area (Å²) in [4.78, 5) is 20.2. The summed E-state index contributed by atoms with van der Waals surface area (Å²) in [6, 6.07) is 7.80. The lowest BCUT2D eigenvalue weighted by Gasteiger charge is -2.04. The van der Waals surface area contributed by atoms with Gasteiger partial charge in [0.05, 0.1) is 12.2 Å². The maximum Gasteiger partial charge on any atom is 0.220 e. The summed E-state index contributed by atoms with van der Waals surface area (Å²) < 4.78 is 0. The van der Waals surface area contributed by atoms with E-state index in [-0.39, 0.29) is 5.91 Å². The lowest BCUT2D eigenvalue weighted by Crippen LogP contribution is -2.22. The summed E-state index contributed by atoms with van der Waals surface area (Å²) in [5, 5.41) is 10.9. The fourth-order valence-electron chi connectivity index (χ4n) is 2.47. The van der Waals surface area contributed by atoms with Crippen LogP contribution in [0.15, 0.2) is 42.9 Å². The van der Waals surface area contributed by atoms with Crippen LogP contribution in [0.1, 0.15) is 30.5 Å². The Kier molecular flexibility index (Phi) is 4.93. The zero-order chi connectivity index (χ0) is 15.9. The summed E-state index contributed by atoms with van der Waals surface area (Å²) in [5.74, 6) is 0.0582. The highest BCUT2D eigenvalue weighted by atomic mass is 16.1. The SMILES string of the molecule is O=C(CCCCc1cccnc1)NCc1[nH]nc2ncccc12. The number of nitrogens with one attached hydrogen (secondary N) is 2. The number of aromatic amines is 1. The number of rotatable bonds is 7. The maximum absolute atomic E-state index is 11.9. The van der Waals surface area contributed by atoms with Crippen molar-refractivity contribution < 1.29 is 4.79 Å². The minimum Gasteiger partial charge on any atom is -0.350 e. The number of H-pyrrole nitrogens is 1.